The minimum absolute atomic E-state index is 0.107. The van der Waals surface area contributed by atoms with Crippen molar-refractivity contribution in [2.45, 2.75) is 17.9 Å². The summed E-state index contributed by atoms with van der Waals surface area (Å²) < 4.78 is 11.0. The van der Waals surface area contributed by atoms with Gasteiger partial charge in [-0.1, -0.05) is 16.9 Å². The molecule has 0 spiro atoms. The lowest BCUT2D eigenvalue weighted by Crippen LogP contribution is -2.04. The third-order valence-corrected chi connectivity index (χ3v) is 4.83. The molecule has 0 bridgehead atoms. The molecule has 8 heteroatoms. The van der Waals surface area contributed by atoms with Gasteiger partial charge in [-0.3, -0.25) is 0 Å². The molecule has 0 aliphatic rings. The van der Waals surface area contributed by atoms with Crippen LogP contribution in [0.4, 0.5) is 0 Å². The zero-order chi connectivity index (χ0) is 13.0. The molecule has 0 saturated heterocycles. The number of esters is 1. The lowest BCUT2D eigenvalue weighted by atomic mass is 10.5. The van der Waals surface area contributed by atoms with Crippen LogP contribution >= 0.6 is 39.0 Å². The van der Waals surface area contributed by atoms with Gasteiger partial charge in [0.1, 0.15) is 0 Å². The number of carbonyl (C=O) groups excluding carboxylic acids is 1. The van der Waals surface area contributed by atoms with E-state index < -0.39 is 5.97 Å². The highest BCUT2D eigenvalue weighted by molar-refractivity contribution is 9.10. The smallest absolute Gasteiger partial charge is 0.396 e. The van der Waals surface area contributed by atoms with Crippen molar-refractivity contribution in [2.75, 3.05) is 6.61 Å². The van der Waals surface area contributed by atoms with Crippen molar-refractivity contribution in [1.29, 1.82) is 0 Å². The fourth-order valence-electron chi connectivity index (χ4n) is 1.10. The van der Waals surface area contributed by atoms with Crippen LogP contribution in [-0.4, -0.2) is 22.8 Å². The molecule has 0 fully saturated rings. The number of ether oxygens (including phenoxy) is 1. The van der Waals surface area contributed by atoms with E-state index in [0.29, 0.717) is 11.0 Å². The second-order valence-electron chi connectivity index (χ2n) is 3.07. The van der Waals surface area contributed by atoms with Gasteiger partial charge >= 0.3 is 11.9 Å². The fourth-order valence-corrected chi connectivity index (χ4v) is 3.66. The first-order valence-electron chi connectivity index (χ1n) is 5.06. The van der Waals surface area contributed by atoms with Gasteiger partial charge < -0.3 is 9.15 Å². The standard InChI is InChI=1S/C10H9BrN2O3S2/c1-2-15-9(14)8-12-13-10(16-8)18-5-7-6(11)3-4-17-7/h3-4H,2,5H2,1H3. The van der Waals surface area contributed by atoms with Crippen LogP contribution in [0.1, 0.15) is 22.5 Å². The fraction of sp³-hybridized carbons (Fsp3) is 0.300. The summed E-state index contributed by atoms with van der Waals surface area (Å²) in [4.78, 5) is 12.5. The molecule has 0 radical (unpaired) electrons. The van der Waals surface area contributed by atoms with Crippen molar-refractivity contribution in [3.63, 3.8) is 0 Å². The number of hydrogen-bond acceptors (Lipinski definition) is 7. The number of carbonyl (C=O) groups is 1. The van der Waals surface area contributed by atoms with Crippen molar-refractivity contribution >= 4 is 45.0 Å². The SMILES string of the molecule is CCOC(=O)c1nnc(SCc2sccc2Br)o1. The number of aromatic nitrogens is 2. The molecule has 0 unspecified atom stereocenters. The van der Waals surface area contributed by atoms with Crippen LogP contribution in [0.5, 0.6) is 0 Å². The molecule has 2 rings (SSSR count). The van der Waals surface area contributed by atoms with E-state index in [4.69, 9.17) is 9.15 Å². The Balaban J connectivity index is 1.95. The first kappa shape index (κ1) is 13.6. The van der Waals surface area contributed by atoms with E-state index in [1.165, 1.54) is 16.6 Å². The summed E-state index contributed by atoms with van der Waals surface area (Å²) in [6, 6.07) is 1.98. The van der Waals surface area contributed by atoms with Crippen molar-refractivity contribution in [3.05, 3.63) is 26.7 Å². The molecule has 0 N–H and O–H groups in total. The molecule has 0 aromatic carbocycles. The zero-order valence-corrected chi connectivity index (χ0v) is 12.6. The van der Waals surface area contributed by atoms with Crippen LogP contribution in [0, 0.1) is 0 Å². The van der Waals surface area contributed by atoms with Crippen molar-refractivity contribution in [2.24, 2.45) is 0 Å². The Hall–Kier alpha value is -0.860. The molecule has 2 aromatic rings. The van der Waals surface area contributed by atoms with Crippen LogP contribution < -0.4 is 0 Å². The number of thiophene rings is 1. The molecule has 0 aliphatic heterocycles. The van der Waals surface area contributed by atoms with E-state index in [1.54, 1.807) is 18.3 Å². The zero-order valence-electron chi connectivity index (χ0n) is 9.38. The van der Waals surface area contributed by atoms with Crippen LogP contribution in [0.3, 0.4) is 0 Å². The van der Waals surface area contributed by atoms with Gasteiger partial charge in [0.25, 0.3) is 5.22 Å². The van der Waals surface area contributed by atoms with Gasteiger partial charge in [0.05, 0.1) is 6.61 Å². The van der Waals surface area contributed by atoms with Crippen molar-refractivity contribution < 1.29 is 13.9 Å². The highest BCUT2D eigenvalue weighted by atomic mass is 79.9. The second-order valence-corrected chi connectivity index (χ2v) is 5.86. The van der Waals surface area contributed by atoms with E-state index in [-0.39, 0.29) is 12.5 Å². The average molecular weight is 349 g/mol. The van der Waals surface area contributed by atoms with Crippen LogP contribution in [0.2, 0.25) is 0 Å². The number of rotatable bonds is 5. The Morgan fingerprint density at radius 3 is 3.11 bits per heavy atom. The average Bonchev–Trinajstić information content (AvgIpc) is 2.96. The van der Waals surface area contributed by atoms with Crippen molar-refractivity contribution in [3.8, 4) is 0 Å². The van der Waals surface area contributed by atoms with E-state index in [0.717, 1.165) is 4.47 Å². The summed E-state index contributed by atoms with van der Waals surface area (Å²) in [6.45, 7) is 2.00. The Bertz CT molecular complexity index is 541. The molecule has 2 heterocycles. The summed E-state index contributed by atoms with van der Waals surface area (Å²) in [5.74, 6) is 0.0154. The largest absolute Gasteiger partial charge is 0.459 e. The lowest BCUT2D eigenvalue weighted by Gasteiger charge is -1.95. The van der Waals surface area contributed by atoms with Crippen LogP contribution in [0.15, 0.2) is 25.6 Å². The summed E-state index contributed by atoms with van der Waals surface area (Å²) in [5, 5.41) is 9.78. The molecule has 18 heavy (non-hydrogen) atoms. The van der Waals surface area contributed by atoms with Gasteiger partial charge in [0.15, 0.2) is 0 Å². The third kappa shape index (κ3) is 3.33. The van der Waals surface area contributed by atoms with Gasteiger partial charge in [-0.25, -0.2) is 4.79 Å². The van der Waals surface area contributed by atoms with Crippen LogP contribution in [-0.2, 0) is 10.5 Å². The first-order chi connectivity index (χ1) is 8.70. The molecular formula is C10H9BrN2O3S2. The van der Waals surface area contributed by atoms with E-state index in [9.17, 15) is 4.79 Å². The quantitative estimate of drug-likeness (QED) is 0.609. The Morgan fingerprint density at radius 1 is 1.61 bits per heavy atom. The van der Waals surface area contributed by atoms with Gasteiger partial charge in [-0.05, 0) is 34.3 Å². The summed E-state index contributed by atoms with van der Waals surface area (Å²) in [5.41, 5.74) is 0. The van der Waals surface area contributed by atoms with E-state index in [2.05, 4.69) is 26.1 Å². The van der Waals surface area contributed by atoms with Gasteiger partial charge in [0.2, 0.25) is 0 Å². The molecule has 0 aliphatic carbocycles. The molecule has 0 atom stereocenters. The first-order valence-corrected chi connectivity index (χ1v) is 7.71. The van der Waals surface area contributed by atoms with Gasteiger partial charge in [-0.2, -0.15) is 0 Å². The summed E-state index contributed by atoms with van der Waals surface area (Å²) in [6.07, 6.45) is 0. The molecule has 0 saturated carbocycles. The molecule has 96 valence electrons. The molecule has 0 amide bonds. The maximum absolute atomic E-state index is 11.3. The predicted molar refractivity (Wildman–Crippen MR) is 71.8 cm³/mol. The molecular weight excluding hydrogens is 340 g/mol. The van der Waals surface area contributed by atoms with E-state index in [1.807, 2.05) is 11.4 Å². The van der Waals surface area contributed by atoms with Gasteiger partial charge in [-0.15, -0.1) is 16.4 Å². The Labute approximate surface area is 120 Å². The topological polar surface area (TPSA) is 65.2 Å². The third-order valence-electron chi connectivity index (χ3n) is 1.87. The minimum atomic E-state index is -0.589. The highest BCUT2D eigenvalue weighted by Gasteiger charge is 2.16. The minimum Gasteiger partial charge on any atom is -0.459 e. The summed E-state index contributed by atoms with van der Waals surface area (Å²) >= 11 is 6.47. The number of thioether (sulfide) groups is 1. The van der Waals surface area contributed by atoms with E-state index >= 15 is 0 Å². The maximum Gasteiger partial charge on any atom is 0.396 e. The number of halogens is 1. The second kappa shape index (κ2) is 6.35. The van der Waals surface area contributed by atoms with Crippen LogP contribution in [0.25, 0.3) is 0 Å². The van der Waals surface area contributed by atoms with Crippen molar-refractivity contribution in [1.82, 2.24) is 10.2 Å². The maximum atomic E-state index is 11.3. The number of nitrogens with zero attached hydrogens (tertiary/aromatic N) is 2. The molecule has 2 aromatic heterocycles. The Morgan fingerprint density at radius 2 is 2.44 bits per heavy atom. The normalized spacial score (nSPS) is 10.6. The predicted octanol–water partition coefficient (Wildman–Crippen LogP) is 3.36. The monoisotopic (exact) mass is 348 g/mol. The number of hydrogen-bond donors (Lipinski definition) is 0. The Kier molecular flexibility index (Phi) is 4.79. The highest BCUT2D eigenvalue weighted by Crippen LogP contribution is 2.29. The summed E-state index contributed by atoms with van der Waals surface area (Å²) in [7, 11) is 0. The lowest BCUT2D eigenvalue weighted by molar-refractivity contribution is 0.0475. The van der Waals surface area contributed by atoms with Gasteiger partial charge in [0, 0.05) is 15.1 Å². The molecule has 5 nitrogen and oxygen atoms in total.